The van der Waals surface area contributed by atoms with Gasteiger partial charge in [0.25, 0.3) is 0 Å². The number of carboxylic acids is 1. The third kappa shape index (κ3) is 3.75. The van der Waals surface area contributed by atoms with Gasteiger partial charge in [-0.3, -0.25) is 14.4 Å². The second-order valence-electron chi connectivity index (χ2n) is 9.78. The van der Waals surface area contributed by atoms with Crippen molar-refractivity contribution in [2.75, 3.05) is 19.7 Å². The zero-order chi connectivity index (χ0) is 22.9. The zero-order valence-corrected chi connectivity index (χ0v) is 18.8. The van der Waals surface area contributed by atoms with Gasteiger partial charge < -0.3 is 24.7 Å². The summed E-state index contributed by atoms with van der Waals surface area (Å²) in [5.41, 5.74) is -1.05. The van der Waals surface area contributed by atoms with E-state index in [0.717, 1.165) is 32.1 Å². The minimum atomic E-state index is -1.05. The first kappa shape index (κ1) is 23.2. The standard InChI is InChI=1S/C24H36N2O6/c1-2-13-25(16-9-5-3-6-10-16)22(29)20-24-12-11-17(32-24)18(23(30)31)19(24)21(28)26(20)14-7-4-8-15-27/h2,16-20,27H,1,3-15H2,(H,30,31)/t17-,18+,19+,20-,24+/m1/s1. The van der Waals surface area contributed by atoms with Gasteiger partial charge in [-0.15, -0.1) is 6.58 Å². The average Bonchev–Trinajstić information content (AvgIpc) is 3.43. The van der Waals surface area contributed by atoms with Gasteiger partial charge in [0.1, 0.15) is 11.6 Å². The van der Waals surface area contributed by atoms with Crippen LogP contribution in [0.4, 0.5) is 0 Å². The molecule has 0 radical (unpaired) electrons. The molecule has 3 heterocycles. The van der Waals surface area contributed by atoms with Crippen LogP contribution in [0.2, 0.25) is 0 Å². The lowest BCUT2D eigenvalue weighted by Gasteiger charge is -2.40. The van der Waals surface area contributed by atoms with Crippen LogP contribution >= 0.6 is 0 Å². The number of fused-ring (bicyclic) bond motifs is 1. The number of carbonyl (C=O) groups excluding carboxylic acids is 2. The topological polar surface area (TPSA) is 107 Å². The van der Waals surface area contributed by atoms with Crippen LogP contribution in [0.1, 0.15) is 64.2 Å². The number of aliphatic hydroxyl groups excluding tert-OH is 1. The van der Waals surface area contributed by atoms with Crippen LogP contribution in [0, 0.1) is 11.8 Å². The minimum absolute atomic E-state index is 0.0868. The van der Waals surface area contributed by atoms with Crippen LogP contribution in [0.5, 0.6) is 0 Å². The Labute approximate surface area is 189 Å². The Kier molecular flexibility index (Phi) is 6.91. The van der Waals surface area contributed by atoms with Gasteiger partial charge in [-0.1, -0.05) is 25.3 Å². The smallest absolute Gasteiger partial charge is 0.310 e. The number of carboxylic acid groups (broad SMARTS) is 1. The Hall–Kier alpha value is -1.93. The minimum Gasteiger partial charge on any atom is -0.481 e. The molecule has 0 unspecified atom stereocenters. The SMILES string of the molecule is C=CCN(C(=O)[C@H]1N(CCCCCO)C(=O)[C@@H]2[C@@H](C(=O)O)[C@H]3CC[C@]21O3)C1CCCCC1. The monoisotopic (exact) mass is 448 g/mol. The molecule has 178 valence electrons. The van der Waals surface area contributed by atoms with E-state index in [-0.39, 0.29) is 24.5 Å². The predicted octanol–water partition coefficient (Wildman–Crippen LogP) is 1.96. The van der Waals surface area contributed by atoms with Gasteiger partial charge in [0.2, 0.25) is 11.8 Å². The second-order valence-corrected chi connectivity index (χ2v) is 9.78. The van der Waals surface area contributed by atoms with Crippen LogP contribution in [-0.2, 0) is 19.1 Å². The van der Waals surface area contributed by atoms with Gasteiger partial charge in [-0.25, -0.2) is 0 Å². The zero-order valence-electron chi connectivity index (χ0n) is 18.8. The number of carbonyl (C=O) groups is 3. The molecule has 2 bridgehead atoms. The maximum atomic E-state index is 14.1. The van der Waals surface area contributed by atoms with E-state index in [1.807, 2.05) is 4.90 Å². The lowest BCUT2D eigenvalue weighted by molar-refractivity contribution is -0.151. The van der Waals surface area contributed by atoms with E-state index in [0.29, 0.717) is 38.8 Å². The van der Waals surface area contributed by atoms with E-state index >= 15 is 0 Å². The molecule has 3 saturated heterocycles. The Balaban J connectivity index is 1.66. The molecule has 0 aromatic carbocycles. The van der Waals surface area contributed by atoms with E-state index in [1.54, 1.807) is 11.0 Å². The molecule has 5 atom stereocenters. The number of hydrogen-bond donors (Lipinski definition) is 2. The molecule has 2 amide bonds. The van der Waals surface area contributed by atoms with Crippen molar-refractivity contribution in [3.8, 4) is 0 Å². The summed E-state index contributed by atoms with van der Waals surface area (Å²) >= 11 is 0. The number of aliphatic carboxylic acids is 1. The van der Waals surface area contributed by atoms with Gasteiger partial charge in [0.15, 0.2) is 0 Å². The molecule has 1 spiro atoms. The molecule has 2 N–H and O–H groups in total. The number of rotatable bonds is 10. The Morgan fingerprint density at radius 3 is 2.59 bits per heavy atom. The Morgan fingerprint density at radius 2 is 1.94 bits per heavy atom. The van der Waals surface area contributed by atoms with Crippen molar-refractivity contribution >= 4 is 17.8 Å². The number of nitrogens with zero attached hydrogens (tertiary/aromatic N) is 2. The van der Waals surface area contributed by atoms with E-state index < -0.39 is 35.6 Å². The highest BCUT2D eigenvalue weighted by molar-refractivity contribution is 5.98. The molecule has 8 nitrogen and oxygen atoms in total. The fourth-order valence-electron chi connectivity index (χ4n) is 6.63. The third-order valence-electron chi connectivity index (χ3n) is 8.00. The van der Waals surface area contributed by atoms with E-state index in [4.69, 9.17) is 9.84 Å². The fraction of sp³-hybridized carbons (Fsp3) is 0.792. The largest absolute Gasteiger partial charge is 0.481 e. The number of amides is 2. The molecule has 4 aliphatic rings. The summed E-state index contributed by atoms with van der Waals surface area (Å²) in [6, 6.07) is -0.671. The summed E-state index contributed by atoms with van der Waals surface area (Å²) in [5.74, 6) is -3.09. The van der Waals surface area contributed by atoms with Crippen molar-refractivity contribution in [3.05, 3.63) is 12.7 Å². The molecule has 1 saturated carbocycles. The third-order valence-corrected chi connectivity index (χ3v) is 8.00. The number of likely N-dealkylation sites (tertiary alicyclic amines) is 1. The van der Waals surface area contributed by atoms with E-state index in [1.165, 1.54) is 6.42 Å². The lowest BCUT2D eigenvalue weighted by Crippen LogP contribution is -2.58. The maximum Gasteiger partial charge on any atom is 0.310 e. The lowest BCUT2D eigenvalue weighted by atomic mass is 9.70. The summed E-state index contributed by atoms with van der Waals surface area (Å²) in [6.07, 6.45) is 9.56. The van der Waals surface area contributed by atoms with Gasteiger partial charge in [0, 0.05) is 25.7 Å². The number of ether oxygens (including phenoxy) is 1. The molecule has 3 aliphatic heterocycles. The second kappa shape index (κ2) is 9.51. The molecule has 8 heteroatoms. The molecular formula is C24H36N2O6. The van der Waals surface area contributed by atoms with Gasteiger partial charge in [0.05, 0.1) is 17.9 Å². The van der Waals surface area contributed by atoms with Crippen molar-refractivity contribution in [2.45, 2.75) is 88.0 Å². The van der Waals surface area contributed by atoms with Crippen molar-refractivity contribution < 1.29 is 29.3 Å². The molecule has 4 rings (SSSR count). The van der Waals surface area contributed by atoms with Crippen LogP contribution < -0.4 is 0 Å². The quantitative estimate of drug-likeness (QED) is 0.391. The predicted molar refractivity (Wildman–Crippen MR) is 117 cm³/mol. The highest BCUT2D eigenvalue weighted by Gasteiger charge is 2.74. The summed E-state index contributed by atoms with van der Waals surface area (Å²) < 4.78 is 6.28. The molecule has 4 fully saturated rings. The highest BCUT2D eigenvalue weighted by atomic mass is 16.5. The highest BCUT2D eigenvalue weighted by Crippen LogP contribution is 2.58. The normalized spacial score (nSPS) is 34.0. The molecule has 0 aromatic heterocycles. The van der Waals surface area contributed by atoms with Crippen molar-refractivity contribution in [1.29, 1.82) is 0 Å². The van der Waals surface area contributed by atoms with Crippen LogP contribution in [0.3, 0.4) is 0 Å². The van der Waals surface area contributed by atoms with Crippen molar-refractivity contribution in [3.63, 3.8) is 0 Å². The van der Waals surface area contributed by atoms with Crippen molar-refractivity contribution in [1.82, 2.24) is 9.80 Å². The Bertz CT molecular complexity index is 751. The van der Waals surface area contributed by atoms with Gasteiger partial charge >= 0.3 is 5.97 Å². The Morgan fingerprint density at radius 1 is 1.19 bits per heavy atom. The van der Waals surface area contributed by atoms with Gasteiger partial charge in [-0.05, 0) is 44.9 Å². The van der Waals surface area contributed by atoms with Crippen LogP contribution in [0.25, 0.3) is 0 Å². The summed E-state index contributed by atoms with van der Waals surface area (Å²) in [7, 11) is 0. The molecular weight excluding hydrogens is 412 g/mol. The number of unbranched alkanes of at least 4 members (excludes halogenated alkanes) is 2. The van der Waals surface area contributed by atoms with Gasteiger partial charge in [-0.2, -0.15) is 0 Å². The number of aliphatic hydroxyl groups is 1. The summed E-state index contributed by atoms with van der Waals surface area (Å²) in [4.78, 5) is 43.2. The molecule has 1 aliphatic carbocycles. The van der Waals surface area contributed by atoms with Crippen LogP contribution in [0.15, 0.2) is 12.7 Å². The average molecular weight is 449 g/mol. The number of hydrogen-bond acceptors (Lipinski definition) is 5. The van der Waals surface area contributed by atoms with E-state index in [9.17, 15) is 19.5 Å². The maximum absolute atomic E-state index is 14.1. The first-order valence-corrected chi connectivity index (χ1v) is 12.2. The van der Waals surface area contributed by atoms with E-state index in [2.05, 4.69) is 6.58 Å². The van der Waals surface area contributed by atoms with Crippen molar-refractivity contribution in [2.24, 2.45) is 11.8 Å². The van der Waals surface area contributed by atoms with Crippen LogP contribution in [-0.4, -0.2) is 81.3 Å². The molecule has 32 heavy (non-hydrogen) atoms. The molecule has 0 aromatic rings. The first-order chi connectivity index (χ1) is 15.5. The first-order valence-electron chi connectivity index (χ1n) is 12.2. The fourth-order valence-corrected chi connectivity index (χ4v) is 6.63. The summed E-state index contributed by atoms with van der Waals surface area (Å²) in [6.45, 7) is 4.73. The summed E-state index contributed by atoms with van der Waals surface area (Å²) in [5, 5.41) is 19.0.